The van der Waals surface area contributed by atoms with Crippen LogP contribution in [0.15, 0.2) is 41.8 Å². The summed E-state index contributed by atoms with van der Waals surface area (Å²) in [6.45, 7) is -4.12. The number of hydrogen-bond acceptors (Lipinski definition) is 3. The molecular weight excluding hydrogens is 338 g/mol. The van der Waals surface area contributed by atoms with Crippen LogP contribution in [0.4, 0.5) is 0 Å². The lowest BCUT2D eigenvalue weighted by atomic mass is 10.1. The van der Waals surface area contributed by atoms with Gasteiger partial charge in [0, 0.05) is 4.88 Å². The average molecular weight is 350 g/mol. The Labute approximate surface area is 124 Å². The largest absolute Gasteiger partial charge is 0.344 e. The van der Waals surface area contributed by atoms with Gasteiger partial charge in [0.1, 0.15) is 0 Å². The first-order valence-corrected chi connectivity index (χ1v) is 10.8. The first kappa shape index (κ1) is 16.0. The fraction of sp³-hybridized carbons (Fsp3) is 0.0909. The Kier molecular flexibility index (Phi) is 4.64. The molecule has 1 aromatic heterocycles. The molecule has 5 nitrogen and oxygen atoms in total. The van der Waals surface area contributed by atoms with Gasteiger partial charge in [-0.05, 0) is 34.4 Å². The van der Waals surface area contributed by atoms with E-state index >= 15 is 0 Å². The summed E-state index contributed by atoms with van der Waals surface area (Å²) < 4.78 is 11.5. The van der Waals surface area contributed by atoms with Gasteiger partial charge >= 0.3 is 7.60 Å². The molecule has 0 amide bonds. The lowest BCUT2D eigenvalue weighted by Crippen LogP contribution is -1.98. The van der Waals surface area contributed by atoms with Crippen molar-refractivity contribution in [2.45, 2.75) is 5.40 Å². The van der Waals surface area contributed by atoms with Gasteiger partial charge in [-0.25, -0.2) is 0 Å². The summed E-state index contributed by atoms with van der Waals surface area (Å²) >= 11 is 5.55. The number of rotatable bonds is 4. The van der Waals surface area contributed by atoms with E-state index < -0.39 is 19.5 Å². The first-order valence-electron chi connectivity index (χ1n) is 5.44. The molecule has 2 aromatic rings. The van der Waals surface area contributed by atoms with E-state index in [2.05, 4.69) is 11.8 Å². The second-order valence-electron chi connectivity index (χ2n) is 4.16. The predicted octanol–water partition coefficient (Wildman–Crippen LogP) is 2.89. The Morgan fingerprint density at radius 1 is 1.05 bits per heavy atom. The fourth-order valence-electron chi connectivity index (χ4n) is 1.80. The minimum atomic E-state index is -4.74. The van der Waals surface area contributed by atoms with Gasteiger partial charge < -0.3 is 19.6 Å². The van der Waals surface area contributed by atoms with E-state index in [4.69, 9.17) is 0 Å². The Morgan fingerprint density at radius 2 is 1.65 bits per heavy atom. The molecule has 108 valence electrons. The second kappa shape index (κ2) is 5.79. The molecule has 0 aliphatic rings. The molecule has 20 heavy (non-hydrogen) atoms. The van der Waals surface area contributed by atoms with Gasteiger partial charge in [0.2, 0.25) is 6.49 Å². The molecule has 0 aliphatic heterocycles. The van der Waals surface area contributed by atoms with Gasteiger partial charge in [0.25, 0.3) is 0 Å². The van der Waals surface area contributed by atoms with E-state index in [1.807, 2.05) is 30.3 Å². The number of hydrogen-bond donors (Lipinski definition) is 4. The normalized spacial score (nSPS) is 14.2. The van der Waals surface area contributed by atoms with Crippen LogP contribution in [0, 0.1) is 0 Å². The SMILES string of the molecule is O=P(O)(O)C(c1cc(-c2ccccc2)cs1)P(O)(O)=S. The van der Waals surface area contributed by atoms with Gasteiger partial charge in [-0.1, -0.05) is 30.3 Å². The summed E-state index contributed by atoms with van der Waals surface area (Å²) in [6.07, 6.45) is 0. The van der Waals surface area contributed by atoms with E-state index in [1.165, 1.54) is 6.07 Å². The molecule has 1 aromatic carbocycles. The molecule has 0 spiro atoms. The first-order chi connectivity index (χ1) is 9.19. The van der Waals surface area contributed by atoms with Crippen LogP contribution < -0.4 is 0 Å². The maximum Gasteiger partial charge on any atom is 0.343 e. The molecule has 9 heteroatoms. The predicted molar refractivity (Wildman–Crippen MR) is 83.3 cm³/mol. The summed E-state index contributed by atoms with van der Waals surface area (Å²) in [4.78, 5) is 37.9. The molecule has 0 radical (unpaired) electrons. The molecule has 1 atom stereocenters. The van der Waals surface area contributed by atoms with E-state index in [1.54, 1.807) is 5.38 Å². The summed E-state index contributed by atoms with van der Waals surface area (Å²) in [6, 6.07) is 10.8. The molecular formula is C11H12O5P2S2. The minimum Gasteiger partial charge on any atom is -0.344 e. The van der Waals surface area contributed by atoms with Gasteiger partial charge in [0.05, 0.1) is 0 Å². The highest BCUT2D eigenvalue weighted by Crippen LogP contribution is 2.70. The van der Waals surface area contributed by atoms with Crippen LogP contribution in [-0.2, 0) is 16.4 Å². The highest BCUT2D eigenvalue weighted by atomic mass is 32.5. The van der Waals surface area contributed by atoms with Gasteiger partial charge in [-0.2, -0.15) is 0 Å². The van der Waals surface area contributed by atoms with E-state index in [0.717, 1.165) is 22.5 Å². The third-order valence-corrected chi connectivity index (χ3v) is 8.77. The third kappa shape index (κ3) is 3.64. The van der Waals surface area contributed by atoms with Crippen LogP contribution in [0.25, 0.3) is 11.1 Å². The van der Waals surface area contributed by atoms with Crippen LogP contribution in [0.5, 0.6) is 0 Å². The summed E-state index contributed by atoms with van der Waals surface area (Å²) in [7, 11) is -4.74. The molecule has 1 unspecified atom stereocenters. The van der Waals surface area contributed by atoms with Crippen LogP contribution in [0.1, 0.15) is 10.3 Å². The maximum absolute atomic E-state index is 11.5. The fourth-order valence-corrected chi connectivity index (χ4v) is 7.83. The van der Waals surface area contributed by atoms with E-state index in [9.17, 15) is 24.1 Å². The lowest BCUT2D eigenvalue weighted by molar-refractivity contribution is 0.363. The maximum atomic E-state index is 11.5. The van der Waals surface area contributed by atoms with Crippen molar-refractivity contribution in [3.05, 3.63) is 46.7 Å². The van der Waals surface area contributed by atoms with Crippen molar-refractivity contribution >= 4 is 37.2 Å². The molecule has 0 saturated carbocycles. The molecule has 2 rings (SSSR count). The molecule has 1 heterocycles. The zero-order valence-corrected chi connectivity index (χ0v) is 13.4. The van der Waals surface area contributed by atoms with Gasteiger partial charge in [0.15, 0.2) is 5.40 Å². The molecule has 0 fully saturated rings. The van der Waals surface area contributed by atoms with Gasteiger partial charge in [-0.15, -0.1) is 11.3 Å². The lowest BCUT2D eigenvalue weighted by Gasteiger charge is -2.20. The van der Waals surface area contributed by atoms with E-state index in [0.29, 0.717) is 0 Å². The van der Waals surface area contributed by atoms with Crippen molar-refractivity contribution in [3.8, 4) is 11.1 Å². The number of benzene rings is 1. The summed E-state index contributed by atoms with van der Waals surface area (Å²) in [5.74, 6) is 0. The average Bonchev–Trinajstić information content (AvgIpc) is 2.75. The van der Waals surface area contributed by atoms with Crippen molar-refractivity contribution in [2.75, 3.05) is 0 Å². The Morgan fingerprint density at radius 3 is 2.15 bits per heavy atom. The third-order valence-electron chi connectivity index (χ3n) is 2.62. The topological polar surface area (TPSA) is 98.0 Å². The Hall–Kier alpha value is -0.360. The molecule has 4 N–H and O–H groups in total. The van der Waals surface area contributed by atoms with Crippen molar-refractivity contribution in [3.63, 3.8) is 0 Å². The zero-order valence-electron chi connectivity index (χ0n) is 10.0. The molecule has 0 saturated heterocycles. The van der Waals surface area contributed by atoms with Crippen molar-refractivity contribution in [1.82, 2.24) is 0 Å². The highest BCUT2D eigenvalue weighted by Gasteiger charge is 2.42. The number of thiophene rings is 1. The molecule has 0 aliphatic carbocycles. The standard InChI is InChI=1S/C11H12O5P2S2/c12-17(13,14)11(18(15,16)19)10-6-9(7-20-10)8-4-2-1-3-5-8/h1-7,11H,(H2,12,13,14)(H2,15,16,19). The summed E-state index contributed by atoms with van der Waals surface area (Å²) in [5, 5.41) is -0.0225. The quantitative estimate of drug-likeness (QED) is 0.633. The van der Waals surface area contributed by atoms with Crippen LogP contribution in [0.2, 0.25) is 0 Å². The Balaban J connectivity index is 2.46. The smallest absolute Gasteiger partial charge is 0.343 e. The van der Waals surface area contributed by atoms with Crippen molar-refractivity contribution in [1.29, 1.82) is 0 Å². The Bertz CT molecular complexity index is 666. The monoisotopic (exact) mass is 350 g/mol. The highest BCUT2D eigenvalue weighted by molar-refractivity contribution is 8.11. The van der Waals surface area contributed by atoms with Crippen molar-refractivity contribution in [2.24, 2.45) is 0 Å². The van der Waals surface area contributed by atoms with Gasteiger partial charge in [-0.3, -0.25) is 4.57 Å². The molecule has 0 bridgehead atoms. The summed E-state index contributed by atoms with van der Waals surface area (Å²) in [5.41, 5.74) is 1.64. The van der Waals surface area contributed by atoms with Crippen LogP contribution in [0.3, 0.4) is 0 Å². The zero-order chi connectivity index (χ0) is 15.0. The minimum absolute atomic E-state index is 0.186. The second-order valence-corrected chi connectivity index (χ2v) is 10.5. The van der Waals surface area contributed by atoms with E-state index in [-0.39, 0.29) is 4.88 Å². The van der Waals surface area contributed by atoms with Crippen LogP contribution >= 0.6 is 25.4 Å². The van der Waals surface area contributed by atoms with Crippen LogP contribution in [-0.4, -0.2) is 19.6 Å². The van der Waals surface area contributed by atoms with Crippen molar-refractivity contribution < 1.29 is 24.1 Å².